The van der Waals surface area contributed by atoms with Gasteiger partial charge in [-0.1, -0.05) is 18.5 Å². The summed E-state index contributed by atoms with van der Waals surface area (Å²) in [5, 5.41) is 3.55. The number of sulfone groups is 1. The highest BCUT2D eigenvalue weighted by atomic mass is 35.5. The minimum Gasteiger partial charge on any atom is -0.493 e. The molecule has 7 heteroatoms. The van der Waals surface area contributed by atoms with E-state index >= 15 is 0 Å². The Kier molecular flexibility index (Phi) is 6.58. The quantitative estimate of drug-likeness (QED) is 0.792. The van der Waals surface area contributed by atoms with E-state index in [0.29, 0.717) is 23.1 Å². The van der Waals surface area contributed by atoms with Gasteiger partial charge in [0.05, 0.1) is 12.9 Å². The molecule has 0 atom stereocenters. The van der Waals surface area contributed by atoms with Crippen LogP contribution in [-0.4, -0.2) is 40.7 Å². The summed E-state index contributed by atoms with van der Waals surface area (Å²) in [7, 11) is 0.273. The lowest BCUT2D eigenvalue weighted by atomic mass is 10.2. The zero-order valence-corrected chi connectivity index (χ0v) is 13.5. The highest BCUT2D eigenvalue weighted by Crippen LogP contribution is 2.34. The normalized spacial score (nSPS) is 11.4. The molecule has 1 aromatic carbocycles. The first kappa shape index (κ1) is 17.1. The van der Waals surface area contributed by atoms with Gasteiger partial charge in [-0.3, -0.25) is 0 Å². The summed E-state index contributed by atoms with van der Waals surface area (Å²) in [5.74, 6) is 1.11. The smallest absolute Gasteiger partial charge is 0.165 e. The summed E-state index contributed by atoms with van der Waals surface area (Å²) in [6.07, 6.45) is 0. The number of rotatable bonds is 8. The van der Waals surface area contributed by atoms with Crippen LogP contribution in [0.1, 0.15) is 12.5 Å². The molecule has 0 fully saturated rings. The second-order valence-corrected chi connectivity index (χ2v) is 7.12. The van der Waals surface area contributed by atoms with Crippen LogP contribution in [0.3, 0.4) is 0 Å². The van der Waals surface area contributed by atoms with E-state index in [4.69, 9.17) is 21.1 Å². The van der Waals surface area contributed by atoms with Crippen LogP contribution >= 0.6 is 11.6 Å². The fourth-order valence-electron chi connectivity index (χ4n) is 1.67. The van der Waals surface area contributed by atoms with Gasteiger partial charge in [-0.2, -0.15) is 0 Å². The molecule has 5 nitrogen and oxygen atoms in total. The summed E-state index contributed by atoms with van der Waals surface area (Å²) in [6, 6.07) is 3.41. The van der Waals surface area contributed by atoms with Gasteiger partial charge in [0.25, 0.3) is 0 Å². The van der Waals surface area contributed by atoms with E-state index < -0.39 is 9.84 Å². The van der Waals surface area contributed by atoms with Gasteiger partial charge in [0, 0.05) is 29.0 Å². The second kappa shape index (κ2) is 7.71. The Morgan fingerprint density at radius 3 is 2.60 bits per heavy atom. The van der Waals surface area contributed by atoms with E-state index in [2.05, 4.69) is 5.32 Å². The summed E-state index contributed by atoms with van der Waals surface area (Å²) < 4.78 is 33.8. The van der Waals surface area contributed by atoms with E-state index in [9.17, 15) is 8.42 Å². The van der Waals surface area contributed by atoms with E-state index in [0.717, 1.165) is 5.56 Å². The van der Waals surface area contributed by atoms with Gasteiger partial charge in [-0.15, -0.1) is 0 Å². The Morgan fingerprint density at radius 2 is 2.05 bits per heavy atom. The SMILES string of the molecule is CCS(=O)(=O)CCOc1c(CNC)cc(Cl)cc1OC. The molecule has 0 radical (unpaired) electrons. The van der Waals surface area contributed by atoms with Crippen LogP contribution in [0.15, 0.2) is 12.1 Å². The molecule has 0 aliphatic heterocycles. The van der Waals surface area contributed by atoms with E-state index in [-0.39, 0.29) is 18.1 Å². The maximum absolute atomic E-state index is 11.5. The number of ether oxygens (including phenoxy) is 2. The number of halogens is 1. The van der Waals surface area contributed by atoms with Gasteiger partial charge >= 0.3 is 0 Å². The largest absolute Gasteiger partial charge is 0.493 e. The van der Waals surface area contributed by atoms with Crippen LogP contribution in [0, 0.1) is 0 Å². The number of benzene rings is 1. The van der Waals surface area contributed by atoms with Crippen molar-refractivity contribution in [3.8, 4) is 11.5 Å². The topological polar surface area (TPSA) is 64.6 Å². The summed E-state index contributed by atoms with van der Waals surface area (Å²) in [4.78, 5) is 0. The third kappa shape index (κ3) is 4.85. The van der Waals surface area contributed by atoms with Crippen molar-refractivity contribution in [2.45, 2.75) is 13.5 Å². The van der Waals surface area contributed by atoms with Crippen molar-refractivity contribution >= 4 is 21.4 Å². The van der Waals surface area contributed by atoms with Crippen molar-refractivity contribution in [2.75, 3.05) is 32.3 Å². The van der Waals surface area contributed by atoms with Crippen LogP contribution in [0.25, 0.3) is 0 Å². The molecular weight excluding hydrogens is 302 g/mol. The molecule has 0 bridgehead atoms. The Hall–Kier alpha value is -0.980. The molecule has 0 aliphatic rings. The molecule has 0 aliphatic carbocycles. The van der Waals surface area contributed by atoms with Crippen LogP contribution in [0.5, 0.6) is 11.5 Å². The lowest BCUT2D eigenvalue weighted by molar-refractivity contribution is 0.308. The average Bonchev–Trinajstić information content (AvgIpc) is 2.40. The highest BCUT2D eigenvalue weighted by Gasteiger charge is 2.14. The van der Waals surface area contributed by atoms with Crippen LogP contribution < -0.4 is 14.8 Å². The lowest BCUT2D eigenvalue weighted by Gasteiger charge is -2.15. The third-order valence-electron chi connectivity index (χ3n) is 2.76. The third-order valence-corrected chi connectivity index (χ3v) is 4.65. The molecule has 0 unspecified atom stereocenters. The molecule has 0 amide bonds. The summed E-state index contributed by atoms with van der Waals surface area (Å²) >= 11 is 6.01. The maximum atomic E-state index is 11.5. The van der Waals surface area contributed by atoms with Crippen LogP contribution in [-0.2, 0) is 16.4 Å². The maximum Gasteiger partial charge on any atom is 0.165 e. The van der Waals surface area contributed by atoms with Gasteiger partial charge in [-0.25, -0.2) is 8.42 Å². The Morgan fingerprint density at radius 1 is 1.35 bits per heavy atom. The fraction of sp³-hybridized carbons (Fsp3) is 0.538. The van der Waals surface area contributed by atoms with Gasteiger partial charge in [0.2, 0.25) is 0 Å². The Bertz CT molecular complexity index is 546. The van der Waals surface area contributed by atoms with Crippen LogP contribution in [0.4, 0.5) is 0 Å². The van der Waals surface area contributed by atoms with Crippen molar-refractivity contribution in [3.05, 3.63) is 22.7 Å². The van der Waals surface area contributed by atoms with E-state index in [1.807, 2.05) is 0 Å². The Balaban J connectivity index is 2.91. The number of hydrogen-bond donors (Lipinski definition) is 1. The van der Waals surface area contributed by atoms with E-state index in [1.165, 1.54) is 7.11 Å². The first-order valence-electron chi connectivity index (χ1n) is 6.27. The van der Waals surface area contributed by atoms with Gasteiger partial charge in [-0.05, 0) is 13.1 Å². The monoisotopic (exact) mass is 321 g/mol. The van der Waals surface area contributed by atoms with Crippen molar-refractivity contribution < 1.29 is 17.9 Å². The molecule has 0 saturated heterocycles. The minimum atomic E-state index is -3.05. The van der Waals surface area contributed by atoms with Crippen molar-refractivity contribution in [1.29, 1.82) is 0 Å². The van der Waals surface area contributed by atoms with Crippen molar-refractivity contribution in [2.24, 2.45) is 0 Å². The number of hydrogen-bond acceptors (Lipinski definition) is 5. The van der Waals surface area contributed by atoms with Gasteiger partial charge in [0.1, 0.15) is 6.61 Å². The zero-order chi connectivity index (χ0) is 15.2. The summed E-state index contributed by atoms with van der Waals surface area (Å²) in [5.41, 5.74) is 0.825. The number of nitrogens with one attached hydrogen (secondary N) is 1. The van der Waals surface area contributed by atoms with Crippen LogP contribution in [0.2, 0.25) is 5.02 Å². The highest BCUT2D eigenvalue weighted by molar-refractivity contribution is 7.91. The molecule has 0 saturated carbocycles. The standard InChI is InChI=1S/C13H20ClNO4S/c1-4-20(16,17)6-5-19-13-10(9-15-2)7-11(14)8-12(13)18-3/h7-8,15H,4-6,9H2,1-3H3. The molecule has 1 aromatic rings. The molecule has 0 aromatic heterocycles. The molecule has 1 rings (SSSR count). The molecule has 114 valence electrons. The van der Waals surface area contributed by atoms with Gasteiger partial charge < -0.3 is 14.8 Å². The molecule has 20 heavy (non-hydrogen) atoms. The first-order chi connectivity index (χ1) is 9.43. The lowest BCUT2D eigenvalue weighted by Crippen LogP contribution is -2.17. The fourth-order valence-corrected chi connectivity index (χ4v) is 2.53. The predicted octanol–water partition coefficient (Wildman–Crippen LogP) is 1.88. The van der Waals surface area contributed by atoms with Crippen molar-refractivity contribution in [3.63, 3.8) is 0 Å². The molecule has 0 spiro atoms. The van der Waals surface area contributed by atoms with E-state index in [1.54, 1.807) is 26.1 Å². The molecular formula is C13H20ClNO4S. The molecule has 1 N–H and O–H groups in total. The summed E-state index contributed by atoms with van der Waals surface area (Å²) in [6.45, 7) is 2.25. The molecule has 0 heterocycles. The van der Waals surface area contributed by atoms with Gasteiger partial charge in [0.15, 0.2) is 21.3 Å². The first-order valence-corrected chi connectivity index (χ1v) is 8.47. The number of methoxy groups -OCH3 is 1. The Labute approximate surface area is 125 Å². The zero-order valence-electron chi connectivity index (χ0n) is 11.9. The second-order valence-electron chi connectivity index (χ2n) is 4.21. The predicted molar refractivity (Wildman–Crippen MR) is 80.6 cm³/mol. The minimum absolute atomic E-state index is 0.0196. The average molecular weight is 322 g/mol. The van der Waals surface area contributed by atoms with Crippen molar-refractivity contribution in [1.82, 2.24) is 5.32 Å².